The van der Waals surface area contributed by atoms with E-state index in [1.165, 1.54) is 0 Å². The van der Waals surface area contributed by atoms with E-state index >= 15 is 0 Å². The zero-order valence-corrected chi connectivity index (χ0v) is 26.8. The number of ether oxygens (including phenoxy) is 7. The molecule has 0 aromatic heterocycles. The lowest BCUT2D eigenvalue weighted by Crippen LogP contribution is -2.58. The minimum atomic E-state index is -2.04. The van der Waals surface area contributed by atoms with Crippen molar-refractivity contribution in [3.63, 3.8) is 0 Å². The van der Waals surface area contributed by atoms with E-state index in [1.54, 1.807) is 13.8 Å². The third kappa shape index (κ3) is 10.9. The maximum absolute atomic E-state index is 11.9. The van der Waals surface area contributed by atoms with Gasteiger partial charge in [0.15, 0.2) is 17.4 Å². The molecule has 1 aliphatic heterocycles. The summed E-state index contributed by atoms with van der Waals surface area (Å²) in [7, 11) is 1.16. The predicted molar refractivity (Wildman–Crippen MR) is 155 cm³/mol. The van der Waals surface area contributed by atoms with Crippen LogP contribution in [0.3, 0.4) is 0 Å². The molecule has 1 aliphatic rings. The van der Waals surface area contributed by atoms with E-state index in [9.17, 15) is 56.2 Å². The Labute approximate surface area is 268 Å². The third-order valence-electron chi connectivity index (χ3n) is 8.21. The van der Waals surface area contributed by atoms with Crippen LogP contribution in [0.15, 0.2) is 0 Å². The fraction of sp³-hybridized carbons (Fsp3) is 1.00. The Morgan fingerprint density at radius 3 is 1.41 bits per heavy atom. The van der Waals surface area contributed by atoms with Crippen molar-refractivity contribution >= 4 is 0 Å². The second-order valence-electron chi connectivity index (χ2n) is 11.2. The quantitative estimate of drug-likeness (QED) is 0.0363. The first-order chi connectivity index (χ1) is 21.9. The van der Waals surface area contributed by atoms with Crippen molar-refractivity contribution < 1.29 is 89.3 Å². The molecule has 0 saturated carbocycles. The molecule has 18 nitrogen and oxygen atoms in total. The fourth-order valence-corrected chi connectivity index (χ4v) is 5.15. The molecule has 276 valence electrons. The van der Waals surface area contributed by atoms with Crippen LogP contribution in [0.4, 0.5) is 0 Å². The zero-order valence-electron chi connectivity index (χ0n) is 26.8. The van der Waals surface area contributed by atoms with Crippen molar-refractivity contribution in [3.05, 3.63) is 0 Å². The number of hydrogen-bond acceptors (Lipinski definition) is 18. The number of rotatable bonds is 27. The van der Waals surface area contributed by atoms with Crippen molar-refractivity contribution in [2.45, 2.75) is 86.6 Å². The summed E-state index contributed by atoms with van der Waals surface area (Å²) in [6, 6.07) is 0. The molecule has 7 atom stereocenters. The molecule has 0 aromatic rings. The molecule has 0 bridgehead atoms. The Morgan fingerprint density at radius 2 is 1.07 bits per heavy atom. The molecule has 18 heteroatoms. The van der Waals surface area contributed by atoms with Crippen molar-refractivity contribution in [1.82, 2.24) is 0 Å². The Bertz CT molecular complexity index is 782. The summed E-state index contributed by atoms with van der Waals surface area (Å²) in [6.07, 6.45) is -6.86. The Hall–Kier alpha value is -0.720. The average molecular weight is 681 g/mol. The minimum Gasteiger partial charge on any atom is -0.394 e. The van der Waals surface area contributed by atoms with Crippen LogP contribution >= 0.6 is 0 Å². The van der Waals surface area contributed by atoms with Gasteiger partial charge in [0.25, 0.3) is 0 Å². The van der Waals surface area contributed by atoms with Gasteiger partial charge < -0.3 is 89.3 Å². The smallest absolute Gasteiger partial charge is 0.194 e. The Kier molecular flexibility index (Phi) is 19.5. The van der Waals surface area contributed by atoms with Crippen molar-refractivity contribution in [2.24, 2.45) is 5.92 Å². The molecule has 0 aliphatic carbocycles. The minimum absolute atomic E-state index is 0.0189. The first-order valence-corrected chi connectivity index (χ1v) is 15.2. The van der Waals surface area contributed by atoms with Gasteiger partial charge in [0.1, 0.15) is 23.9 Å². The molecule has 1 heterocycles. The molecule has 1 fully saturated rings. The maximum Gasteiger partial charge on any atom is 0.194 e. The summed E-state index contributed by atoms with van der Waals surface area (Å²) >= 11 is 0. The highest BCUT2D eigenvalue weighted by Gasteiger charge is 2.59. The van der Waals surface area contributed by atoms with E-state index in [2.05, 4.69) is 0 Å². The molecule has 0 spiro atoms. The number of hydrogen-bond donors (Lipinski definition) is 11. The number of aliphatic hydroxyl groups is 11. The first-order valence-electron chi connectivity index (χ1n) is 15.2. The second-order valence-corrected chi connectivity index (χ2v) is 11.2. The van der Waals surface area contributed by atoms with Crippen LogP contribution in [-0.4, -0.2) is 196 Å². The van der Waals surface area contributed by atoms with Gasteiger partial charge in [0.2, 0.25) is 0 Å². The standard InChI is InChI=1S/C28H56O18/c1-4-26(15-36,43-19(6-29)7-30)41-13-22-23(12-35)46-25(24(22)39,14-28(17-38,40-3)45-21(10-33)11-34)18-42-27(5-2,16-37)44-20(8-31)9-32/h19-24,29-39H,4-18H2,1-3H3/t22?,23-,24?,25-,26?,27?,28?/m1/s1. The molecule has 1 rings (SSSR count). The van der Waals surface area contributed by atoms with Crippen LogP contribution in [0, 0.1) is 5.92 Å². The summed E-state index contributed by atoms with van der Waals surface area (Å²) in [5.41, 5.74) is -1.96. The lowest BCUT2D eigenvalue weighted by Gasteiger charge is -2.44. The second kappa shape index (κ2) is 20.7. The highest BCUT2D eigenvalue weighted by Crippen LogP contribution is 2.44. The van der Waals surface area contributed by atoms with Gasteiger partial charge in [0, 0.05) is 32.3 Å². The van der Waals surface area contributed by atoms with Crippen LogP contribution in [0.25, 0.3) is 0 Å². The molecule has 5 unspecified atom stereocenters. The van der Waals surface area contributed by atoms with Crippen LogP contribution in [0.5, 0.6) is 0 Å². The van der Waals surface area contributed by atoms with E-state index in [0.29, 0.717) is 0 Å². The van der Waals surface area contributed by atoms with Crippen LogP contribution < -0.4 is 0 Å². The van der Waals surface area contributed by atoms with Gasteiger partial charge in [-0.15, -0.1) is 0 Å². The molecule has 46 heavy (non-hydrogen) atoms. The normalized spacial score (nSPS) is 26.2. The molecule has 11 N–H and O–H groups in total. The summed E-state index contributed by atoms with van der Waals surface area (Å²) in [5, 5.41) is 110. The monoisotopic (exact) mass is 680 g/mol. The zero-order chi connectivity index (χ0) is 35.0. The maximum atomic E-state index is 11.9. The highest BCUT2D eigenvalue weighted by molar-refractivity contribution is 5.05. The van der Waals surface area contributed by atoms with Gasteiger partial charge in [-0.2, -0.15) is 0 Å². The molecule has 0 aromatic carbocycles. The van der Waals surface area contributed by atoms with E-state index < -0.39 is 145 Å². The average Bonchev–Trinajstić information content (AvgIpc) is 3.37. The van der Waals surface area contributed by atoms with Gasteiger partial charge in [-0.05, 0) is 0 Å². The Balaban J connectivity index is 3.61. The van der Waals surface area contributed by atoms with Crippen molar-refractivity contribution in [3.8, 4) is 0 Å². The van der Waals surface area contributed by atoms with E-state index in [4.69, 9.17) is 33.2 Å². The third-order valence-corrected chi connectivity index (χ3v) is 8.21. The van der Waals surface area contributed by atoms with Crippen LogP contribution in [0.2, 0.25) is 0 Å². The van der Waals surface area contributed by atoms with E-state index in [-0.39, 0.29) is 12.8 Å². The van der Waals surface area contributed by atoms with Gasteiger partial charge in [-0.25, -0.2) is 0 Å². The number of aliphatic hydroxyl groups excluding tert-OH is 11. The van der Waals surface area contributed by atoms with E-state index in [0.717, 1.165) is 7.11 Å². The summed E-state index contributed by atoms with van der Waals surface area (Å²) in [5.74, 6) is -6.70. The van der Waals surface area contributed by atoms with Gasteiger partial charge >= 0.3 is 0 Å². The molecule has 0 amide bonds. The van der Waals surface area contributed by atoms with Gasteiger partial charge in [-0.3, -0.25) is 0 Å². The predicted octanol–water partition coefficient (Wildman–Crippen LogP) is -4.84. The van der Waals surface area contributed by atoms with Gasteiger partial charge in [0.05, 0.1) is 91.5 Å². The fourth-order valence-electron chi connectivity index (χ4n) is 5.15. The van der Waals surface area contributed by atoms with Gasteiger partial charge in [-0.1, -0.05) is 13.8 Å². The molecular weight excluding hydrogens is 624 g/mol. The lowest BCUT2D eigenvalue weighted by molar-refractivity contribution is -0.326. The summed E-state index contributed by atoms with van der Waals surface area (Å²) in [6.45, 7) is -4.64. The van der Waals surface area contributed by atoms with E-state index in [1.807, 2.05) is 0 Å². The summed E-state index contributed by atoms with van der Waals surface area (Å²) < 4.78 is 40.6. The first kappa shape index (κ1) is 43.3. The van der Waals surface area contributed by atoms with Crippen molar-refractivity contribution in [1.29, 1.82) is 0 Å². The summed E-state index contributed by atoms with van der Waals surface area (Å²) in [4.78, 5) is 0. The van der Waals surface area contributed by atoms with Crippen molar-refractivity contribution in [2.75, 3.05) is 86.4 Å². The largest absolute Gasteiger partial charge is 0.394 e. The highest BCUT2D eigenvalue weighted by atomic mass is 16.7. The SMILES string of the molecule is CCC(CO)(OCC1C(O)[C@](COC(CC)(CO)OC(CO)CO)(CC(CO)(OC)OC(CO)CO)O[C@@H]1CO)OC(CO)CO. The van der Waals surface area contributed by atoms with Crippen LogP contribution in [-0.2, 0) is 33.2 Å². The van der Waals surface area contributed by atoms with Crippen LogP contribution in [0.1, 0.15) is 33.1 Å². The number of methoxy groups -OCH3 is 1. The topological polar surface area (TPSA) is 287 Å². The molecule has 0 radical (unpaired) electrons. The lowest BCUT2D eigenvalue weighted by atomic mass is 9.83. The molecule has 1 saturated heterocycles. The molecular formula is C28H56O18. The Morgan fingerprint density at radius 1 is 0.652 bits per heavy atom.